The Labute approximate surface area is 158 Å². The number of nitriles is 1. The molecule has 6 nitrogen and oxygen atoms in total. The molecule has 1 heterocycles. The molecule has 9 heteroatoms. The summed E-state index contributed by atoms with van der Waals surface area (Å²) >= 11 is 0. The first-order chi connectivity index (χ1) is 13.4. The number of carbonyl (C=O) groups excluding carboxylic acids is 1. The lowest BCUT2D eigenvalue weighted by Gasteiger charge is -2.19. The number of anilines is 1. The highest BCUT2D eigenvalue weighted by Crippen LogP contribution is 2.32. The van der Waals surface area contributed by atoms with Crippen LogP contribution in [0.1, 0.15) is 23.6 Å². The van der Waals surface area contributed by atoms with E-state index in [9.17, 15) is 18.0 Å². The van der Waals surface area contributed by atoms with Gasteiger partial charge in [-0.15, -0.1) is 0 Å². The summed E-state index contributed by atoms with van der Waals surface area (Å²) in [5.74, 6) is -0.135. The molecule has 0 aliphatic rings. The molecule has 0 spiro atoms. The molecule has 144 valence electrons. The van der Waals surface area contributed by atoms with E-state index in [-0.39, 0.29) is 18.5 Å². The first-order valence-electron chi connectivity index (χ1n) is 8.39. The molecular weight excluding hydrogens is 371 g/mol. The van der Waals surface area contributed by atoms with E-state index in [2.05, 4.69) is 20.6 Å². The molecule has 0 fully saturated rings. The summed E-state index contributed by atoms with van der Waals surface area (Å²) in [6, 6.07) is 13.0. The highest BCUT2D eigenvalue weighted by atomic mass is 19.4. The minimum atomic E-state index is -4.50. The molecule has 1 atom stereocenters. The molecule has 0 saturated heterocycles. The third-order valence-corrected chi connectivity index (χ3v) is 4.07. The van der Waals surface area contributed by atoms with Crippen molar-refractivity contribution >= 4 is 22.9 Å². The molecule has 0 saturated carbocycles. The van der Waals surface area contributed by atoms with Crippen molar-refractivity contribution in [2.75, 3.05) is 11.9 Å². The van der Waals surface area contributed by atoms with E-state index in [1.54, 1.807) is 12.1 Å². The van der Waals surface area contributed by atoms with Crippen molar-refractivity contribution < 1.29 is 18.0 Å². The van der Waals surface area contributed by atoms with Gasteiger partial charge in [-0.2, -0.15) is 18.4 Å². The van der Waals surface area contributed by atoms with Crippen molar-refractivity contribution in [3.05, 3.63) is 59.7 Å². The van der Waals surface area contributed by atoms with Gasteiger partial charge in [0.2, 0.25) is 11.9 Å². The van der Waals surface area contributed by atoms with Crippen LogP contribution in [-0.2, 0) is 11.0 Å². The fraction of sp³-hybridized carbons (Fsp3) is 0.211. The Kier molecular flexibility index (Phi) is 5.49. The van der Waals surface area contributed by atoms with E-state index in [1.807, 2.05) is 18.2 Å². The van der Waals surface area contributed by atoms with Crippen LogP contribution >= 0.6 is 0 Å². The third kappa shape index (κ3) is 4.59. The molecule has 28 heavy (non-hydrogen) atoms. The van der Waals surface area contributed by atoms with Gasteiger partial charge in [0.05, 0.1) is 35.1 Å². The van der Waals surface area contributed by atoms with Gasteiger partial charge < -0.3 is 15.6 Å². The van der Waals surface area contributed by atoms with Crippen molar-refractivity contribution in [1.82, 2.24) is 15.3 Å². The van der Waals surface area contributed by atoms with E-state index >= 15 is 0 Å². The molecule has 0 bridgehead atoms. The minimum absolute atomic E-state index is 0.167. The first kappa shape index (κ1) is 19.2. The van der Waals surface area contributed by atoms with Crippen LogP contribution in [0.5, 0.6) is 0 Å². The number of nitrogens with one attached hydrogen (secondary N) is 3. The molecule has 3 N–H and O–H groups in total. The topological polar surface area (TPSA) is 93.6 Å². The molecule has 0 aliphatic heterocycles. The molecule has 2 aromatic carbocycles. The van der Waals surface area contributed by atoms with Gasteiger partial charge in [-0.05, 0) is 29.8 Å². The van der Waals surface area contributed by atoms with Gasteiger partial charge in [0.25, 0.3) is 0 Å². The largest absolute Gasteiger partial charge is 0.416 e. The lowest BCUT2D eigenvalue weighted by molar-refractivity contribution is -0.137. The number of carbonyl (C=O) groups is 1. The Bertz CT molecular complexity index is 989. The maximum Gasteiger partial charge on any atom is 0.416 e. The van der Waals surface area contributed by atoms with Gasteiger partial charge in [0.1, 0.15) is 6.54 Å². The summed E-state index contributed by atoms with van der Waals surface area (Å²) < 4.78 is 39.2. The average Bonchev–Trinajstić information content (AvgIpc) is 3.07. The zero-order valence-electron chi connectivity index (χ0n) is 14.5. The Hall–Kier alpha value is -3.54. The van der Waals surface area contributed by atoms with Gasteiger partial charge in [0.15, 0.2) is 0 Å². The number of aromatic amines is 1. The van der Waals surface area contributed by atoms with Gasteiger partial charge in [-0.3, -0.25) is 4.79 Å². The van der Waals surface area contributed by atoms with E-state index in [4.69, 9.17) is 5.26 Å². The number of hydrogen-bond acceptors (Lipinski definition) is 4. The molecule has 1 aromatic heterocycles. The van der Waals surface area contributed by atoms with Gasteiger partial charge in [-0.1, -0.05) is 24.3 Å². The molecule has 1 amide bonds. The standard InChI is InChI=1S/C19H16F3N5O/c20-19(21,22)13-5-3-4-12(10-13)16(11-17(28)24-9-8-23)27-18-25-14-6-1-2-7-15(14)26-18/h1-7,10,16H,9,11H2,(H,24,28)(H2,25,26,27). The predicted molar refractivity (Wildman–Crippen MR) is 97.1 cm³/mol. The summed E-state index contributed by atoms with van der Waals surface area (Å²) in [6.07, 6.45) is -4.66. The van der Waals surface area contributed by atoms with Gasteiger partial charge in [0, 0.05) is 0 Å². The summed E-state index contributed by atoms with van der Waals surface area (Å²) in [5, 5.41) is 14.0. The highest BCUT2D eigenvalue weighted by Gasteiger charge is 2.31. The normalized spacial score (nSPS) is 12.4. The van der Waals surface area contributed by atoms with Crippen LogP contribution in [0.3, 0.4) is 0 Å². The van der Waals surface area contributed by atoms with Crippen LogP contribution in [0, 0.1) is 11.3 Å². The smallest absolute Gasteiger partial charge is 0.348 e. The van der Waals surface area contributed by atoms with E-state index in [0.717, 1.165) is 17.6 Å². The third-order valence-electron chi connectivity index (χ3n) is 4.07. The number of rotatable bonds is 6. The number of hydrogen-bond donors (Lipinski definition) is 3. The second-order valence-electron chi connectivity index (χ2n) is 6.06. The van der Waals surface area contributed by atoms with Crippen molar-refractivity contribution in [3.63, 3.8) is 0 Å². The number of amides is 1. The Morgan fingerprint density at radius 1 is 1.21 bits per heavy atom. The number of halogens is 3. The fourth-order valence-corrected chi connectivity index (χ4v) is 2.77. The number of nitrogens with zero attached hydrogens (tertiary/aromatic N) is 2. The number of benzene rings is 2. The van der Waals surface area contributed by atoms with Crippen LogP contribution in [0.4, 0.5) is 19.1 Å². The highest BCUT2D eigenvalue weighted by molar-refractivity contribution is 5.79. The summed E-state index contributed by atoms with van der Waals surface area (Å²) in [6.45, 7) is -0.182. The molecule has 0 aliphatic carbocycles. The summed E-state index contributed by atoms with van der Waals surface area (Å²) in [7, 11) is 0. The lowest BCUT2D eigenvalue weighted by Crippen LogP contribution is -2.27. The minimum Gasteiger partial charge on any atom is -0.348 e. The maximum atomic E-state index is 13.1. The first-order valence-corrected chi connectivity index (χ1v) is 8.39. The predicted octanol–water partition coefficient (Wildman–Crippen LogP) is 3.76. The van der Waals surface area contributed by atoms with Crippen LogP contribution in [-0.4, -0.2) is 22.4 Å². The van der Waals surface area contributed by atoms with Crippen LogP contribution in [0.25, 0.3) is 11.0 Å². The fourth-order valence-electron chi connectivity index (χ4n) is 2.77. The molecular formula is C19H16F3N5O. The van der Waals surface area contributed by atoms with Crippen LogP contribution in [0.15, 0.2) is 48.5 Å². The average molecular weight is 387 g/mol. The molecule has 1 unspecified atom stereocenters. The van der Waals surface area contributed by atoms with Crippen molar-refractivity contribution in [2.24, 2.45) is 0 Å². The lowest BCUT2D eigenvalue weighted by atomic mass is 10.0. The second-order valence-corrected chi connectivity index (χ2v) is 6.06. The number of para-hydroxylation sites is 2. The molecule has 0 radical (unpaired) electrons. The Morgan fingerprint density at radius 3 is 2.71 bits per heavy atom. The quantitative estimate of drug-likeness (QED) is 0.562. The number of alkyl halides is 3. The van der Waals surface area contributed by atoms with Gasteiger partial charge >= 0.3 is 6.18 Å². The summed E-state index contributed by atoms with van der Waals surface area (Å²) in [5.41, 5.74) is 0.907. The van der Waals surface area contributed by atoms with E-state index in [0.29, 0.717) is 11.5 Å². The monoisotopic (exact) mass is 387 g/mol. The van der Waals surface area contributed by atoms with Crippen LogP contribution < -0.4 is 10.6 Å². The number of aromatic nitrogens is 2. The molecule has 3 aromatic rings. The number of H-pyrrole nitrogens is 1. The number of imidazole rings is 1. The van der Waals surface area contributed by atoms with Crippen molar-refractivity contribution in [2.45, 2.75) is 18.6 Å². The van der Waals surface area contributed by atoms with Crippen molar-refractivity contribution in [1.29, 1.82) is 5.26 Å². The number of fused-ring (bicyclic) bond motifs is 1. The molecule has 3 rings (SSSR count). The second kappa shape index (κ2) is 8.00. The maximum absolute atomic E-state index is 13.1. The zero-order chi connectivity index (χ0) is 20.1. The summed E-state index contributed by atoms with van der Waals surface area (Å²) in [4.78, 5) is 19.4. The SMILES string of the molecule is N#CCNC(=O)CC(Nc1nc2ccccc2[nH]1)c1cccc(C(F)(F)F)c1. The van der Waals surface area contributed by atoms with Crippen LogP contribution in [0.2, 0.25) is 0 Å². The Morgan fingerprint density at radius 2 is 2.00 bits per heavy atom. The van der Waals surface area contributed by atoms with Crippen molar-refractivity contribution in [3.8, 4) is 6.07 Å². The van der Waals surface area contributed by atoms with E-state index < -0.39 is 23.7 Å². The Balaban J connectivity index is 1.90. The zero-order valence-corrected chi connectivity index (χ0v) is 14.5. The van der Waals surface area contributed by atoms with E-state index in [1.165, 1.54) is 12.1 Å². The van der Waals surface area contributed by atoms with Gasteiger partial charge in [-0.25, -0.2) is 4.98 Å².